The number of carbonyl (C=O) groups is 1. The standard InChI is InChI=1S/C17H32N2O3/c1-12-7-15(8-12)19-10-13(5-6-20)9-14(11-19)18-16(21)22-17(2,3)4/h12-15,20H,5-11H2,1-4H3,(H,18,21). The predicted molar refractivity (Wildman–Crippen MR) is 86.7 cm³/mol. The number of likely N-dealkylation sites (tertiary alicyclic amines) is 1. The van der Waals surface area contributed by atoms with E-state index < -0.39 is 5.60 Å². The number of aliphatic hydroxyl groups is 1. The molecule has 2 unspecified atom stereocenters. The van der Waals surface area contributed by atoms with E-state index in [4.69, 9.17) is 4.74 Å². The first-order valence-corrected chi connectivity index (χ1v) is 8.61. The molecule has 0 bridgehead atoms. The van der Waals surface area contributed by atoms with Crippen LogP contribution < -0.4 is 5.32 Å². The van der Waals surface area contributed by atoms with Crippen molar-refractivity contribution in [3.63, 3.8) is 0 Å². The summed E-state index contributed by atoms with van der Waals surface area (Å²) in [6.45, 7) is 10.1. The number of amides is 1. The van der Waals surface area contributed by atoms with Gasteiger partial charge in [0, 0.05) is 31.8 Å². The third-order valence-electron chi connectivity index (χ3n) is 4.69. The monoisotopic (exact) mass is 312 g/mol. The zero-order chi connectivity index (χ0) is 16.3. The van der Waals surface area contributed by atoms with Crippen LogP contribution in [0.2, 0.25) is 0 Å². The minimum atomic E-state index is -0.466. The molecule has 0 aromatic rings. The Labute approximate surface area is 134 Å². The molecule has 0 aromatic carbocycles. The Kier molecular flexibility index (Phi) is 5.72. The maximum Gasteiger partial charge on any atom is 0.407 e. The Morgan fingerprint density at radius 3 is 2.50 bits per heavy atom. The van der Waals surface area contributed by atoms with Crippen LogP contribution in [-0.4, -0.2) is 53.5 Å². The Morgan fingerprint density at radius 1 is 1.27 bits per heavy atom. The quantitative estimate of drug-likeness (QED) is 0.837. The van der Waals surface area contributed by atoms with Crippen LogP contribution in [0.1, 0.15) is 53.4 Å². The van der Waals surface area contributed by atoms with Crippen LogP contribution in [0.3, 0.4) is 0 Å². The van der Waals surface area contributed by atoms with E-state index in [-0.39, 0.29) is 18.7 Å². The van der Waals surface area contributed by atoms with Crippen molar-refractivity contribution in [1.82, 2.24) is 10.2 Å². The summed E-state index contributed by atoms with van der Waals surface area (Å²) in [5.74, 6) is 1.27. The number of ether oxygens (including phenoxy) is 1. The van der Waals surface area contributed by atoms with Gasteiger partial charge in [0.2, 0.25) is 0 Å². The van der Waals surface area contributed by atoms with Crippen molar-refractivity contribution in [2.45, 2.75) is 71.1 Å². The molecule has 1 saturated carbocycles. The number of piperidine rings is 1. The smallest absolute Gasteiger partial charge is 0.407 e. The Bertz CT molecular complexity index is 375. The summed E-state index contributed by atoms with van der Waals surface area (Å²) in [5.41, 5.74) is -0.466. The molecule has 22 heavy (non-hydrogen) atoms. The summed E-state index contributed by atoms with van der Waals surface area (Å²) in [6, 6.07) is 0.774. The summed E-state index contributed by atoms with van der Waals surface area (Å²) in [4.78, 5) is 14.5. The van der Waals surface area contributed by atoms with Crippen LogP contribution in [-0.2, 0) is 4.74 Å². The second-order valence-corrected chi connectivity index (χ2v) is 8.14. The molecule has 5 nitrogen and oxygen atoms in total. The van der Waals surface area contributed by atoms with Crippen molar-refractivity contribution in [2.24, 2.45) is 11.8 Å². The number of nitrogens with zero attached hydrogens (tertiary/aromatic N) is 1. The van der Waals surface area contributed by atoms with Crippen molar-refractivity contribution in [3.05, 3.63) is 0 Å². The highest BCUT2D eigenvalue weighted by molar-refractivity contribution is 5.68. The third kappa shape index (κ3) is 5.13. The fraction of sp³-hybridized carbons (Fsp3) is 0.941. The second kappa shape index (κ2) is 7.18. The van der Waals surface area contributed by atoms with E-state index in [9.17, 15) is 9.90 Å². The summed E-state index contributed by atoms with van der Waals surface area (Å²) < 4.78 is 5.37. The van der Waals surface area contributed by atoms with Crippen LogP contribution in [0.15, 0.2) is 0 Å². The fourth-order valence-electron chi connectivity index (χ4n) is 3.67. The zero-order valence-electron chi connectivity index (χ0n) is 14.5. The highest BCUT2D eigenvalue weighted by Crippen LogP contribution is 2.34. The van der Waals surface area contributed by atoms with E-state index in [2.05, 4.69) is 17.1 Å². The maximum atomic E-state index is 12.0. The summed E-state index contributed by atoms with van der Waals surface area (Å²) in [6.07, 6.45) is 3.92. The zero-order valence-corrected chi connectivity index (χ0v) is 14.5. The van der Waals surface area contributed by atoms with Gasteiger partial charge in [-0.25, -0.2) is 4.79 Å². The van der Waals surface area contributed by atoms with Gasteiger partial charge in [0.25, 0.3) is 0 Å². The molecular weight excluding hydrogens is 280 g/mol. The van der Waals surface area contributed by atoms with Gasteiger partial charge in [-0.15, -0.1) is 0 Å². The van der Waals surface area contributed by atoms with E-state index in [0.717, 1.165) is 31.8 Å². The lowest BCUT2D eigenvalue weighted by Crippen LogP contribution is -2.56. The molecule has 2 N–H and O–H groups in total. The number of nitrogens with one attached hydrogen (secondary N) is 1. The second-order valence-electron chi connectivity index (χ2n) is 8.14. The molecule has 1 aliphatic carbocycles. The number of hydrogen-bond donors (Lipinski definition) is 2. The SMILES string of the molecule is CC1CC(N2CC(CCO)CC(NC(=O)OC(C)(C)C)C2)C1. The molecule has 1 amide bonds. The number of hydrogen-bond acceptors (Lipinski definition) is 4. The summed E-state index contributed by atoms with van der Waals surface area (Å²) in [7, 11) is 0. The largest absolute Gasteiger partial charge is 0.444 e. The molecule has 1 heterocycles. The van der Waals surface area contributed by atoms with E-state index in [0.29, 0.717) is 12.0 Å². The molecule has 0 radical (unpaired) electrons. The number of rotatable bonds is 4. The van der Waals surface area contributed by atoms with Crippen LogP contribution in [0.5, 0.6) is 0 Å². The average molecular weight is 312 g/mol. The molecule has 0 aromatic heterocycles. The highest BCUT2D eigenvalue weighted by Gasteiger charge is 2.37. The van der Waals surface area contributed by atoms with E-state index in [1.54, 1.807) is 0 Å². The van der Waals surface area contributed by atoms with Gasteiger partial charge in [-0.1, -0.05) is 6.92 Å². The van der Waals surface area contributed by atoms with Gasteiger partial charge >= 0.3 is 6.09 Å². The molecule has 2 aliphatic rings. The number of carbonyl (C=O) groups excluding carboxylic acids is 1. The van der Waals surface area contributed by atoms with Crippen molar-refractivity contribution in [2.75, 3.05) is 19.7 Å². The molecule has 2 fully saturated rings. The minimum absolute atomic E-state index is 0.121. The molecule has 0 spiro atoms. The third-order valence-corrected chi connectivity index (χ3v) is 4.69. The molecule has 1 aliphatic heterocycles. The Hall–Kier alpha value is -0.810. The lowest BCUT2D eigenvalue weighted by atomic mass is 9.78. The number of aliphatic hydroxyl groups excluding tert-OH is 1. The van der Waals surface area contributed by atoms with Gasteiger partial charge in [-0.2, -0.15) is 0 Å². The van der Waals surface area contributed by atoms with Crippen molar-refractivity contribution >= 4 is 6.09 Å². The minimum Gasteiger partial charge on any atom is -0.444 e. The first-order valence-electron chi connectivity index (χ1n) is 8.61. The van der Waals surface area contributed by atoms with Gasteiger partial charge in [-0.05, 0) is 58.3 Å². The molecule has 1 saturated heterocycles. The van der Waals surface area contributed by atoms with E-state index in [1.807, 2.05) is 20.8 Å². The van der Waals surface area contributed by atoms with Crippen LogP contribution in [0.4, 0.5) is 4.79 Å². The lowest BCUT2D eigenvalue weighted by molar-refractivity contribution is 0.0186. The molecular formula is C17H32N2O3. The van der Waals surface area contributed by atoms with Crippen molar-refractivity contribution in [3.8, 4) is 0 Å². The molecule has 5 heteroatoms. The average Bonchev–Trinajstić information content (AvgIpc) is 2.32. The Balaban J connectivity index is 1.89. The van der Waals surface area contributed by atoms with E-state index in [1.165, 1.54) is 12.8 Å². The summed E-state index contributed by atoms with van der Waals surface area (Å²) in [5, 5.41) is 12.3. The van der Waals surface area contributed by atoms with Crippen LogP contribution in [0, 0.1) is 11.8 Å². The first kappa shape index (κ1) is 17.5. The summed E-state index contributed by atoms with van der Waals surface area (Å²) >= 11 is 0. The molecule has 2 rings (SSSR count). The van der Waals surface area contributed by atoms with Crippen LogP contribution in [0.25, 0.3) is 0 Å². The molecule has 128 valence electrons. The normalized spacial score (nSPS) is 33.1. The van der Waals surface area contributed by atoms with Gasteiger partial charge in [0.15, 0.2) is 0 Å². The van der Waals surface area contributed by atoms with Crippen molar-refractivity contribution < 1.29 is 14.6 Å². The first-order chi connectivity index (χ1) is 10.3. The van der Waals surface area contributed by atoms with E-state index >= 15 is 0 Å². The van der Waals surface area contributed by atoms with Gasteiger partial charge in [-0.3, -0.25) is 4.90 Å². The van der Waals surface area contributed by atoms with Crippen molar-refractivity contribution in [1.29, 1.82) is 0 Å². The molecule has 2 atom stereocenters. The Morgan fingerprint density at radius 2 is 1.95 bits per heavy atom. The highest BCUT2D eigenvalue weighted by atomic mass is 16.6. The fourth-order valence-corrected chi connectivity index (χ4v) is 3.67. The van der Waals surface area contributed by atoms with Crippen LogP contribution >= 0.6 is 0 Å². The van der Waals surface area contributed by atoms with Gasteiger partial charge in [0.05, 0.1) is 0 Å². The topological polar surface area (TPSA) is 61.8 Å². The maximum absolute atomic E-state index is 12.0. The van der Waals surface area contributed by atoms with Gasteiger partial charge < -0.3 is 15.2 Å². The predicted octanol–water partition coefficient (Wildman–Crippen LogP) is 2.38. The number of alkyl carbamates (subject to hydrolysis) is 1. The van der Waals surface area contributed by atoms with Gasteiger partial charge in [0.1, 0.15) is 5.60 Å². The lowest BCUT2D eigenvalue weighted by Gasteiger charge is -2.47.